The van der Waals surface area contributed by atoms with E-state index in [4.69, 9.17) is 10.00 Å². The lowest BCUT2D eigenvalue weighted by molar-refractivity contribution is 0.334. The number of ether oxygens (including phenoxy) is 1. The third kappa shape index (κ3) is 2.30. The first-order valence-electron chi connectivity index (χ1n) is 6.43. The van der Waals surface area contributed by atoms with Crippen LogP contribution in [0.5, 0.6) is 5.75 Å². The Labute approximate surface area is 116 Å². The molecular formula is C16H13FN2O. The van der Waals surface area contributed by atoms with Crippen LogP contribution in [0, 0.1) is 17.1 Å². The van der Waals surface area contributed by atoms with Gasteiger partial charge in [-0.2, -0.15) is 5.26 Å². The first kappa shape index (κ1) is 12.5. The van der Waals surface area contributed by atoms with E-state index in [2.05, 4.69) is 11.4 Å². The molecule has 1 atom stereocenters. The van der Waals surface area contributed by atoms with E-state index in [-0.39, 0.29) is 11.5 Å². The van der Waals surface area contributed by atoms with Crippen molar-refractivity contribution in [2.75, 3.05) is 18.5 Å². The molecule has 1 unspecified atom stereocenters. The first-order chi connectivity index (χ1) is 9.78. The van der Waals surface area contributed by atoms with Crippen molar-refractivity contribution in [1.82, 2.24) is 0 Å². The summed E-state index contributed by atoms with van der Waals surface area (Å²) in [6.07, 6.45) is 0. The van der Waals surface area contributed by atoms with Crippen molar-refractivity contribution in [3.05, 3.63) is 59.4 Å². The maximum absolute atomic E-state index is 13.2. The van der Waals surface area contributed by atoms with Gasteiger partial charge in [-0.15, -0.1) is 0 Å². The second kappa shape index (κ2) is 5.22. The van der Waals surface area contributed by atoms with Gasteiger partial charge in [-0.05, 0) is 24.3 Å². The summed E-state index contributed by atoms with van der Waals surface area (Å²) in [6, 6.07) is 14.3. The minimum absolute atomic E-state index is 0.0538. The largest absolute Gasteiger partial charge is 0.493 e. The predicted molar refractivity (Wildman–Crippen MR) is 74.3 cm³/mol. The van der Waals surface area contributed by atoms with Crippen LogP contribution in [0.2, 0.25) is 0 Å². The maximum atomic E-state index is 13.2. The van der Waals surface area contributed by atoms with Crippen LogP contribution in [0.4, 0.5) is 10.1 Å². The molecule has 0 radical (unpaired) electrons. The molecule has 2 aromatic carbocycles. The summed E-state index contributed by atoms with van der Waals surface area (Å²) >= 11 is 0. The van der Waals surface area contributed by atoms with E-state index in [0.717, 1.165) is 11.4 Å². The highest BCUT2D eigenvalue weighted by molar-refractivity contribution is 5.50. The Bertz CT molecular complexity index is 678. The Hall–Kier alpha value is -2.54. The lowest BCUT2D eigenvalue weighted by Gasteiger charge is -2.12. The van der Waals surface area contributed by atoms with Crippen LogP contribution < -0.4 is 10.1 Å². The standard InChI is InChI=1S/C16H13FN2O/c17-15-6-5-13(7-11(15)8-18)19-9-12-10-20-16-4-2-1-3-14(12)16/h1-7,12,19H,9-10H2. The Kier molecular flexibility index (Phi) is 3.26. The number of anilines is 1. The van der Waals surface area contributed by atoms with E-state index in [1.807, 2.05) is 24.3 Å². The van der Waals surface area contributed by atoms with Crippen LogP contribution in [0.25, 0.3) is 0 Å². The summed E-state index contributed by atoms with van der Waals surface area (Å²) in [7, 11) is 0. The van der Waals surface area contributed by atoms with Gasteiger partial charge in [0.15, 0.2) is 0 Å². The minimum atomic E-state index is -0.493. The van der Waals surface area contributed by atoms with Crippen LogP contribution in [0.3, 0.4) is 0 Å². The van der Waals surface area contributed by atoms with Gasteiger partial charge < -0.3 is 10.1 Å². The molecule has 2 aromatic rings. The Balaban J connectivity index is 1.71. The fourth-order valence-electron chi connectivity index (χ4n) is 2.36. The van der Waals surface area contributed by atoms with E-state index >= 15 is 0 Å². The summed E-state index contributed by atoms with van der Waals surface area (Å²) in [5.41, 5.74) is 1.98. The lowest BCUT2D eigenvalue weighted by Crippen LogP contribution is -2.14. The zero-order valence-corrected chi connectivity index (χ0v) is 10.8. The van der Waals surface area contributed by atoms with Crippen molar-refractivity contribution in [2.24, 2.45) is 0 Å². The van der Waals surface area contributed by atoms with Crippen molar-refractivity contribution < 1.29 is 9.13 Å². The van der Waals surface area contributed by atoms with Crippen molar-refractivity contribution >= 4 is 5.69 Å². The molecule has 0 spiro atoms. The summed E-state index contributed by atoms with van der Waals surface area (Å²) in [4.78, 5) is 0. The fourth-order valence-corrected chi connectivity index (χ4v) is 2.36. The molecule has 1 aliphatic heterocycles. The van der Waals surface area contributed by atoms with E-state index in [0.29, 0.717) is 13.2 Å². The number of nitrogens with one attached hydrogen (secondary N) is 1. The predicted octanol–water partition coefficient (Wildman–Crippen LogP) is 3.29. The third-order valence-corrected chi connectivity index (χ3v) is 3.44. The number of halogens is 1. The quantitative estimate of drug-likeness (QED) is 0.929. The molecule has 4 heteroatoms. The van der Waals surface area contributed by atoms with Gasteiger partial charge in [0.1, 0.15) is 17.6 Å². The van der Waals surface area contributed by atoms with E-state index < -0.39 is 5.82 Å². The number of benzene rings is 2. The van der Waals surface area contributed by atoms with Gasteiger partial charge in [-0.1, -0.05) is 18.2 Å². The van der Waals surface area contributed by atoms with Crippen LogP contribution in [0.15, 0.2) is 42.5 Å². The van der Waals surface area contributed by atoms with Crippen molar-refractivity contribution in [2.45, 2.75) is 5.92 Å². The summed E-state index contributed by atoms with van der Waals surface area (Å²) in [5, 5.41) is 12.0. The lowest BCUT2D eigenvalue weighted by atomic mass is 10.0. The molecular weight excluding hydrogens is 255 g/mol. The normalized spacial score (nSPS) is 16.1. The van der Waals surface area contributed by atoms with E-state index in [9.17, 15) is 4.39 Å². The number of nitriles is 1. The highest BCUT2D eigenvalue weighted by Gasteiger charge is 2.23. The van der Waals surface area contributed by atoms with Crippen LogP contribution in [-0.2, 0) is 0 Å². The summed E-state index contributed by atoms with van der Waals surface area (Å²) < 4.78 is 18.8. The van der Waals surface area contributed by atoms with E-state index in [1.54, 1.807) is 6.07 Å². The monoisotopic (exact) mass is 268 g/mol. The molecule has 0 bridgehead atoms. The molecule has 0 saturated heterocycles. The molecule has 0 aromatic heterocycles. The van der Waals surface area contributed by atoms with Crippen molar-refractivity contribution in [1.29, 1.82) is 5.26 Å². The number of hydrogen-bond acceptors (Lipinski definition) is 3. The summed E-state index contributed by atoms with van der Waals surface area (Å²) in [5.74, 6) is 0.700. The second-order valence-corrected chi connectivity index (χ2v) is 4.73. The maximum Gasteiger partial charge on any atom is 0.141 e. The molecule has 1 N–H and O–H groups in total. The zero-order valence-electron chi connectivity index (χ0n) is 10.8. The first-order valence-corrected chi connectivity index (χ1v) is 6.43. The Morgan fingerprint density at radius 3 is 3.00 bits per heavy atom. The number of nitrogens with zero attached hydrogens (tertiary/aromatic N) is 1. The third-order valence-electron chi connectivity index (χ3n) is 3.44. The molecule has 20 heavy (non-hydrogen) atoms. The molecule has 100 valence electrons. The van der Waals surface area contributed by atoms with Gasteiger partial charge in [0.25, 0.3) is 0 Å². The zero-order chi connectivity index (χ0) is 13.9. The molecule has 0 fully saturated rings. The van der Waals surface area contributed by atoms with Crippen molar-refractivity contribution in [3.63, 3.8) is 0 Å². The molecule has 1 heterocycles. The molecule has 0 aliphatic carbocycles. The van der Waals surface area contributed by atoms with Gasteiger partial charge in [0.2, 0.25) is 0 Å². The SMILES string of the molecule is N#Cc1cc(NCC2COc3ccccc32)ccc1F. The highest BCUT2D eigenvalue weighted by atomic mass is 19.1. The number of fused-ring (bicyclic) bond motifs is 1. The van der Waals surface area contributed by atoms with Gasteiger partial charge in [0.05, 0.1) is 12.2 Å². The Morgan fingerprint density at radius 1 is 1.30 bits per heavy atom. The van der Waals surface area contributed by atoms with Crippen LogP contribution in [-0.4, -0.2) is 13.2 Å². The molecule has 3 rings (SSSR count). The van der Waals surface area contributed by atoms with Gasteiger partial charge >= 0.3 is 0 Å². The minimum Gasteiger partial charge on any atom is -0.493 e. The smallest absolute Gasteiger partial charge is 0.141 e. The van der Waals surface area contributed by atoms with Gasteiger partial charge in [0, 0.05) is 23.7 Å². The average molecular weight is 268 g/mol. The van der Waals surface area contributed by atoms with Crippen LogP contribution in [0.1, 0.15) is 17.0 Å². The Morgan fingerprint density at radius 2 is 2.15 bits per heavy atom. The molecule has 3 nitrogen and oxygen atoms in total. The second-order valence-electron chi connectivity index (χ2n) is 4.73. The van der Waals surface area contributed by atoms with Gasteiger partial charge in [-0.3, -0.25) is 0 Å². The number of hydrogen-bond donors (Lipinski definition) is 1. The van der Waals surface area contributed by atoms with Gasteiger partial charge in [-0.25, -0.2) is 4.39 Å². The molecule has 0 saturated carbocycles. The highest BCUT2D eigenvalue weighted by Crippen LogP contribution is 2.33. The van der Waals surface area contributed by atoms with Crippen LogP contribution >= 0.6 is 0 Å². The van der Waals surface area contributed by atoms with Crippen molar-refractivity contribution in [3.8, 4) is 11.8 Å². The molecule has 0 amide bonds. The fraction of sp³-hybridized carbons (Fsp3) is 0.188. The molecule has 1 aliphatic rings. The topological polar surface area (TPSA) is 45.0 Å². The van der Waals surface area contributed by atoms with E-state index in [1.165, 1.54) is 17.7 Å². The number of rotatable bonds is 3. The number of para-hydroxylation sites is 1. The summed E-state index contributed by atoms with van der Waals surface area (Å²) in [6.45, 7) is 1.33. The average Bonchev–Trinajstić information content (AvgIpc) is 2.90.